The van der Waals surface area contributed by atoms with Gasteiger partial charge >= 0.3 is 6.36 Å². The van der Waals surface area contributed by atoms with Gasteiger partial charge in [0, 0.05) is 24.7 Å². The molecule has 0 radical (unpaired) electrons. The number of aromatic nitrogens is 6. The highest BCUT2D eigenvalue weighted by Gasteiger charge is 2.31. The van der Waals surface area contributed by atoms with Gasteiger partial charge in [-0.15, -0.1) is 28.5 Å². The van der Waals surface area contributed by atoms with E-state index in [1.54, 1.807) is 18.2 Å². The van der Waals surface area contributed by atoms with E-state index in [-0.39, 0.29) is 41.5 Å². The molecule has 3 aromatic heterocycles. The lowest BCUT2D eigenvalue weighted by molar-refractivity contribution is -0.274. The summed E-state index contributed by atoms with van der Waals surface area (Å²) in [6, 6.07) is 7.28. The molecular formula is C23H19F5N8O3S. The molecule has 1 aromatic carbocycles. The predicted octanol–water partition coefficient (Wildman–Crippen LogP) is 3.72. The Morgan fingerprint density at radius 3 is 2.65 bits per heavy atom. The minimum absolute atomic E-state index is 0.0415. The van der Waals surface area contributed by atoms with Crippen LogP contribution in [0.25, 0.3) is 0 Å². The number of nitrogens with one attached hydrogen (secondary N) is 2. The highest BCUT2D eigenvalue weighted by Crippen LogP contribution is 2.25. The van der Waals surface area contributed by atoms with Gasteiger partial charge in [0.15, 0.2) is 5.69 Å². The third kappa shape index (κ3) is 8.23. The normalized spacial score (nSPS) is 12.1. The number of carbonyl (C=O) groups is 2. The monoisotopic (exact) mass is 582 g/mol. The third-order valence-corrected chi connectivity index (χ3v) is 6.00. The van der Waals surface area contributed by atoms with Crippen LogP contribution in [-0.4, -0.2) is 54.5 Å². The second kappa shape index (κ2) is 12.5. The van der Waals surface area contributed by atoms with Crippen LogP contribution in [0.15, 0.2) is 48.8 Å². The van der Waals surface area contributed by atoms with Crippen LogP contribution in [0.5, 0.6) is 5.75 Å². The molecule has 0 aliphatic carbocycles. The fraction of sp³-hybridized carbons (Fsp3) is 0.261. The molecule has 2 amide bonds. The third-order valence-electron chi connectivity index (χ3n) is 5.10. The molecule has 210 valence electrons. The van der Waals surface area contributed by atoms with Gasteiger partial charge in [0.05, 0.1) is 12.7 Å². The fourth-order valence-electron chi connectivity index (χ4n) is 3.28. The van der Waals surface area contributed by atoms with Crippen molar-refractivity contribution < 1.29 is 36.3 Å². The Balaban J connectivity index is 1.23. The summed E-state index contributed by atoms with van der Waals surface area (Å²) in [7, 11) is 0. The van der Waals surface area contributed by atoms with Gasteiger partial charge in [-0.1, -0.05) is 22.6 Å². The van der Waals surface area contributed by atoms with Crippen LogP contribution in [0.1, 0.15) is 38.0 Å². The lowest BCUT2D eigenvalue weighted by Crippen LogP contribution is -2.24. The molecule has 0 aliphatic rings. The number of anilines is 1. The topological polar surface area (TPSA) is 137 Å². The maximum atomic E-state index is 14.5. The number of benzene rings is 1. The van der Waals surface area contributed by atoms with Gasteiger partial charge in [0.1, 0.15) is 28.4 Å². The van der Waals surface area contributed by atoms with E-state index in [2.05, 4.69) is 40.9 Å². The summed E-state index contributed by atoms with van der Waals surface area (Å²) in [6.45, 7) is -0.682. The summed E-state index contributed by atoms with van der Waals surface area (Å²) in [5.74, 6) is -2.74. The van der Waals surface area contributed by atoms with Crippen molar-refractivity contribution in [1.29, 1.82) is 0 Å². The average Bonchev–Trinajstić information content (AvgIpc) is 3.57. The minimum atomic E-state index is -4.96. The summed E-state index contributed by atoms with van der Waals surface area (Å²) < 4.78 is 70.5. The van der Waals surface area contributed by atoms with Crippen molar-refractivity contribution in [2.45, 2.75) is 38.5 Å². The highest BCUT2D eigenvalue weighted by atomic mass is 32.1. The Labute approximate surface area is 226 Å². The first-order chi connectivity index (χ1) is 19.1. The van der Waals surface area contributed by atoms with Gasteiger partial charge < -0.3 is 10.1 Å². The summed E-state index contributed by atoms with van der Waals surface area (Å²) >= 11 is 1.09. The summed E-state index contributed by atoms with van der Waals surface area (Å²) in [5.41, 5.74) is -0.240. The van der Waals surface area contributed by atoms with Crippen molar-refractivity contribution in [2.75, 3.05) is 5.32 Å². The van der Waals surface area contributed by atoms with E-state index in [1.165, 1.54) is 12.4 Å². The zero-order valence-corrected chi connectivity index (χ0v) is 21.0. The van der Waals surface area contributed by atoms with Gasteiger partial charge in [0.2, 0.25) is 5.13 Å². The van der Waals surface area contributed by atoms with Crippen LogP contribution >= 0.6 is 11.3 Å². The van der Waals surface area contributed by atoms with Crippen molar-refractivity contribution in [3.63, 3.8) is 0 Å². The number of hydrogen-bond donors (Lipinski definition) is 2. The Morgan fingerprint density at radius 1 is 1.07 bits per heavy atom. The van der Waals surface area contributed by atoms with E-state index in [1.807, 2.05) is 0 Å². The van der Waals surface area contributed by atoms with E-state index in [0.717, 1.165) is 34.2 Å². The van der Waals surface area contributed by atoms with Crippen molar-refractivity contribution in [3.05, 3.63) is 76.6 Å². The Morgan fingerprint density at radius 2 is 1.90 bits per heavy atom. The smallest absolute Gasteiger partial charge is 0.406 e. The maximum Gasteiger partial charge on any atom is 0.573 e. The molecule has 40 heavy (non-hydrogen) atoms. The molecule has 2 N–H and O–H groups in total. The molecule has 0 saturated carbocycles. The SMILES string of the molecule is O=C(NCc1cc(OC(F)(F)F)ccc1F)c1cn(CC(F)CCc2nnc(NC(=O)c3ccccn3)s2)nn1. The number of alkyl halides is 4. The number of halogens is 5. The zero-order chi connectivity index (χ0) is 28.7. The minimum Gasteiger partial charge on any atom is -0.406 e. The average molecular weight is 583 g/mol. The lowest BCUT2D eigenvalue weighted by Gasteiger charge is -2.11. The number of rotatable bonds is 11. The largest absolute Gasteiger partial charge is 0.573 e. The first-order valence-corrected chi connectivity index (χ1v) is 12.3. The number of amides is 2. The van der Waals surface area contributed by atoms with Crippen molar-refractivity contribution in [2.24, 2.45) is 0 Å². The van der Waals surface area contributed by atoms with Gasteiger partial charge in [0.25, 0.3) is 11.8 Å². The van der Waals surface area contributed by atoms with Crippen LogP contribution in [0.4, 0.5) is 27.1 Å². The first-order valence-electron chi connectivity index (χ1n) is 11.5. The molecule has 4 rings (SSSR count). The molecule has 3 heterocycles. The quantitative estimate of drug-likeness (QED) is 0.256. The highest BCUT2D eigenvalue weighted by molar-refractivity contribution is 7.15. The molecule has 0 saturated heterocycles. The maximum absolute atomic E-state index is 14.5. The molecule has 0 fully saturated rings. The molecule has 17 heteroatoms. The molecule has 0 bridgehead atoms. The Hall–Kier alpha value is -4.54. The van der Waals surface area contributed by atoms with Crippen LogP contribution < -0.4 is 15.4 Å². The van der Waals surface area contributed by atoms with Gasteiger partial charge in [-0.2, -0.15) is 0 Å². The van der Waals surface area contributed by atoms with E-state index >= 15 is 0 Å². The molecule has 0 aliphatic heterocycles. The number of nitrogens with zero attached hydrogens (tertiary/aromatic N) is 6. The van der Waals surface area contributed by atoms with Crippen LogP contribution in [0.3, 0.4) is 0 Å². The number of ether oxygens (including phenoxy) is 1. The Bertz CT molecular complexity index is 1460. The van der Waals surface area contributed by atoms with E-state index in [4.69, 9.17) is 0 Å². The summed E-state index contributed by atoms with van der Waals surface area (Å²) in [6.07, 6.45) is -3.42. The zero-order valence-electron chi connectivity index (χ0n) is 20.2. The molecular weight excluding hydrogens is 563 g/mol. The van der Waals surface area contributed by atoms with Crippen LogP contribution in [0, 0.1) is 5.82 Å². The fourth-order valence-corrected chi connectivity index (χ4v) is 4.03. The van der Waals surface area contributed by atoms with E-state index < -0.39 is 42.5 Å². The van der Waals surface area contributed by atoms with Crippen molar-refractivity contribution in [1.82, 2.24) is 35.5 Å². The number of carbonyl (C=O) groups excluding carboxylic acids is 2. The van der Waals surface area contributed by atoms with Crippen molar-refractivity contribution in [3.8, 4) is 5.75 Å². The van der Waals surface area contributed by atoms with Gasteiger partial charge in [-0.05, 0) is 36.8 Å². The van der Waals surface area contributed by atoms with E-state index in [9.17, 15) is 31.5 Å². The Kier molecular flexibility index (Phi) is 8.93. The molecule has 4 aromatic rings. The number of pyridine rings is 1. The summed E-state index contributed by atoms with van der Waals surface area (Å²) in [4.78, 5) is 28.4. The first kappa shape index (κ1) is 28.5. The van der Waals surface area contributed by atoms with Gasteiger partial charge in [-0.3, -0.25) is 19.9 Å². The molecule has 11 nitrogen and oxygen atoms in total. The lowest BCUT2D eigenvalue weighted by atomic mass is 10.2. The second-order valence-corrected chi connectivity index (χ2v) is 9.18. The molecule has 0 spiro atoms. The van der Waals surface area contributed by atoms with Gasteiger partial charge in [-0.25, -0.2) is 13.5 Å². The predicted molar refractivity (Wildman–Crippen MR) is 130 cm³/mol. The summed E-state index contributed by atoms with van der Waals surface area (Å²) in [5, 5.41) is 20.8. The number of hydrogen-bond acceptors (Lipinski definition) is 9. The van der Waals surface area contributed by atoms with Crippen LogP contribution in [-0.2, 0) is 19.5 Å². The van der Waals surface area contributed by atoms with E-state index in [0.29, 0.717) is 5.01 Å². The van der Waals surface area contributed by atoms with Crippen molar-refractivity contribution >= 4 is 28.3 Å². The molecule has 1 unspecified atom stereocenters. The second-order valence-electron chi connectivity index (χ2n) is 8.12. The number of aryl methyl sites for hydroxylation is 1. The standard InChI is InChI=1S/C23H19F5N8O3S/c24-14(4-7-19-33-34-22(40-19)31-21(38)17-3-1-2-8-29-17)11-36-12-18(32-35-36)20(37)30-10-13-9-15(5-6-16(13)25)39-23(26,27)28/h1-3,5-6,8-9,12,14H,4,7,10-11H2,(H,30,37)(H,31,34,38). The molecule has 1 atom stereocenters. The van der Waals surface area contributed by atoms with Crippen LogP contribution in [0.2, 0.25) is 0 Å².